The van der Waals surface area contributed by atoms with Crippen molar-refractivity contribution in [1.82, 2.24) is 0 Å². The maximum absolute atomic E-state index is 12.2. The van der Waals surface area contributed by atoms with Crippen molar-refractivity contribution in [3.05, 3.63) is 24.3 Å². The zero-order chi connectivity index (χ0) is 13.5. The fraction of sp³-hybridized carbons (Fsp3) is 0.600. The highest BCUT2D eigenvalue weighted by atomic mass is 32.2. The van der Waals surface area contributed by atoms with Crippen LogP contribution < -0.4 is 0 Å². The lowest BCUT2D eigenvalue weighted by Gasteiger charge is -2.35. The van der Waals surface area contributed by atoms with Crippen molar-refractivity contribution in [2.24, 2.45) is 16.8 Å². The molecule has 19 heavy (non-hydrogen) atoms. The molecule has 0 saturated carbocycles. The van der Waals surface area contributed by atoms with Crippen LogP contribution in [0.1, 0.15) is 13.3 Å². The summed E-state index contributed by atoms with van der Waals surface area (Å²) >= 11 is 0. The molecule has 4 atom stereocenters. The van der Waals surface area contributed by atoms with Gasteiger partial charge in [-0.3, -0.25) is 9.79 Å². The monoisotopic (exact) mass is 278 g/mol. The van der Waals surface area contributed by atoms with Gasteiger partial charge in [-0.1, -0.05) is 12.2 Å². The molecule has 0 aromatic heterocycles. The van der Waals surface area contributed by atoms with Crippen LogP contribution in [0.4, 0.5) is 0 Å². The molecule has 1 saturated heterocycles. The molecular weight excluding hydrogens is 258 g/mol. The number of carbonyl (C=O) groups is 1. The van der Waals surface area contributed by atoms with E-state index in [1.807, 2.05) is 6.92 Å². The topological polar surface area (TPSA) is 38.7 Å². The molecule has 0 N–H and O–H groups in total. The molecule has 0 aromatic carbocycles. The van der Waals surface area contributed by atoms with E-state index in [0.29, 0.717) is 12.5 Å². The molecular formula is C15H20NO2S+. The first-order chi connectivity index (χ1) is 9.20. The Kier molecular flexibility index (Phi) is 3.29. The number of hydrogen-bond donors (Lipinski definition) is 0. The number of aliphatic imine (C=N–C) groups is 1. The van der Waals surface area contributed by atoms with Gasteiger partial charge in [0.25, 0.3) is 0 Å². The Morgan fingerprint density at radius 2 is 2.42 bits per heavy atom. The highest BCUT2D eigenvalue weighted by Gasteiger charge is 2.65. The second kappa shape index (κ2) is 4.82. The van der Waals surface area contributed by atoms with Crippen LogP contribution in [0.3, 0.4) is 0 Å². The molecule has 2 heterocycles. The Hall–Kier alpha value is -1.03. The summed E-state index contributed by atoms with van der Waals surface area (Å²) in [5.74, 6) is 1.36. The minimum atomic E-state index is -0.00655. The Bertz CT molecular complexity index is 483. The Morgan fingerprint density at radius 3 is 3.21 bits per heavy atom. The van der Waals surface area contributed by atoms with Gasteiger partial charge in [0.15, 0.2) is 4.75 Å². The molecule has 0 aromatic rings. The number of esters is 1. The zero-order valence-corrected chi connectivity index (χ0v) is 12.3. The minimum absolute atomic E-state index is 0.00439. The first-order valence-corrected chi connectivity index (χ1v) is 8.70. The van der Waals surface area contributed by atoms with Crippen molar-refractivity contribution in [2.45, 2.75) is 18.1 Å². The third kappa shape index (κ3) is 1.80. The van der Waals surface area contributed by atoms with Crippen molar-refractivity contribution in [3.8, 4) is 0 Å². The Labute approximate surface area is 117 Å². The van der Waals surface area contributed by atoms with E-state index in [2.05, 4.69) is 30.6 Å². The first kappa shape index (κ1) is 13.0. The molecule has 2 aliphatic heterocycles. The summed E-state index contributed by atoms with van der Waals surface area (Å²) in [5, 5.41) is 0. The summed E-state index contributed by atoms with van der Waals surface area (Å²) in [4.78, 5) is 16.9. The predicted octanol–water partition coefficient (Wildman–Crippen LogP) is 1.75. The summed E-state index contributed by atoms with van der Waals surface area (Å²) in [5.41, 5.74) is 1.18. The zero-order valence-electron chi connectivity index (χ0n) is 11.5. The standard InChI is InChI=1S/C15H20NO2S/c1-3-18-14(17)11-10-19(2)15-8-5-4-6-13(15)16-9-7-12(11)15/h4-6,8,11-12H,3,7,9-10H2,1-2H3/q+1. The average molecular weight is 278 g/mol. The van der Waals surface area contributed by atoms with Crippen LogP contribution in [0.5, 0.6) is 0 Å². The van der Waals surface area contributed by atoms with Gasteiger partial charge in [0, 0.05) is 23.4 Å². The van der Waals surface area contributed by atoms with Gasteiger partial charge in [0.1, 0.15) is 11.7 Å². The minimum Gasteiger partial charge on any atom is -0.466 e. The maximum atomic E-state index is 12.2. The van der Waals surface area contributed by atoms with Crippen LogP contribution in [-0.4, -0.2) is 41.6 Å². The molecule has 1 fully saturated rings. The van der Waals surface area contributed by atoms with Crippen molar-refractivity contribution < 1.29 is 9.53 Å². The molecule has 102 valence electrons. The number of ether oxygens (including phenoxy) is 1. The average Bonchev–Trinajstić information content (AvgIpc) is 2.71. The van der Waals surface area contributed by atoms with Crippen LogP contribution in [-0.2, 0) is 20.4 Å². The molecule has 4 heteroatoms. The second-order valence-electron chi connectivity index (χ2n) is 5.34. The Morgan fingerprint density at radius 1 is 1.58 bits per heavy atom. The van der Waals surface area contributed by atoms with Gasteiger partial charge in [-0.15, -0.1) is 0 Å². The molecule has 3 aliphatic rings. The Balaban J connectivity index is 1.98. The van der Waals surface area contributed by atoms with Crippen molar-refractivity contribution in [3.63, 3.8) is 0 Å². The molecule has 0 radical (unpaired) electrons. The van der Waals surface area contributed by atoms with Crippen LogP contribution in [0.25, 0.3) is 0 Å². The highest BCUT2D eigenvalue weighted by Crippen LogP contribution is 2.49. The SMILES string of the molecule is CCOC(=O)C1C[S+](C)C23C=CC=CC2=NCCC13. The molecule has 0 bridgehead atoms. The number of carbonyl (C=O) groups excluding carboxylic acids is 1. The molecule has 1 aliphatic carbocycles. The third-order valence-electron chi connectivity index (χ3n) is 4.46. The normalized spacial score (nSPS) is 39.5. The van der Waals surface area contributed by atoms with Gasteiger partial charge < -0.3 is 4.74 Å². The predicted molar refractivity (Wildman–Crippen MR) is 79.7 cm³/mol. The van der Waals surface area contributed by atoms with E-state index in [1.165, 1.54) is 5.71 Å². The number of nitrogens with zero attached hydrogens (tertiary/aromatic N) is 1. The largest absolute Gasteiger partial charge is 0.466 e. The highest BCUT2D eigenvalue weighted by molar-refractivity contribution is 7.98. The second-order valence-corrected chi connectivity index (χ2v) is 7.62. The number of hydrogen-bond acceptors (Lipinski definition) is 3. The summed E-state index contributed by atoms with van der Waals surface area (Å²) < 4.78 is 5.29. The smallest absolute Gasteiger partial charge is 0.314 e. The molecule has 3 nitrogen and oxygen atoms in total. The van der Waals surface area contributed by atoms with E-state index in [1.54, 1.807) is 0 Å². The van der Waals surface area contributed by atoms with Gasteiger partial charge in [0.2, 0.25) is 0 Å². The summed E-state index contributed by atoms with van der Waals surface area (Å²) in [6, 6.07) is 0. The van der Waals surface area contributed by atoms with E-state index in [4.69, 9.17) is 9.73 Å². The van der Waals surface area contributed by atoms with Gasteiger partial charge in [-0.05, 0) is 25.5 Å². The van der Waals surface area contributed by atoms with Crippen LogP contribution in [0, 0.1) is 11.8 Å². The molecule has 4 unspecified atom stereocenters. The molecule has 0 amide bonds. The lowest BCUT2D eigenvalue weighted by atomic mass is 9.74. The quantitative estimate of drug-likeness (QED) is 0.570. The maximum Gasteiger partial charge on any atom is 0.314 e. The van der Waals surface area contributed by atoms with E-state index in [9.17, 15) is 4.79 Å². The lowest BCUT2D eigenvalue weighted by Crippen LogP contribution is -2.50. The third-order valence-corrected chi connectivity index (χ3v) is 7.12. The lowest BCUT2D eigenvalue weighted by molar-refractivity contribution is -0.148. The van der Waals surface area contributed by atoms with Crippen molar-refractivity contribution >= 4 is 22.6 Å². The fourth-order valence-corrected chi connectivity index (χ4v) is 6.43. The van der Waals surface area contributed by atoms with Crippen LogP contribution in [0.15, 0.2) is 29.3 Å². The molecule has 3 rings (SSSR count). The number of allylic oxidation sites excluding steroid dienone is 3. The van der Waals surface area contributed by atoms with Gasteiger partial charge >= 0.3 is 5.97 Å². The van der Waals surface area contributed by atoms with Gasteiger partial charge in [-0.2, -0.15) is 0 Å². The number of rotatable bonds is 2. The molecule has 1 spiro atoms. The van der Waals surface area contributed by atoms with Crippen molar-refractivity contribution in [2.75, 3.05) is 25.2 Å². The summed E-state index contributed by atoms with van der Waals surface area (Å²) in [6.45, 7) is 3.20. The van der Waals surface area contributed by atoms with E-state index in [-0.39, 0.29) is 27.5 Å². The van der Waals surface area contributed by atoms with E-state index >= 15 is 0 Å². The first-order valence-electron chi connectivity index (χ1n) is 6.90. The van der Waals surface area contributed by atoms with Crippen LogP contribution >= 0.6 is 0 Å². The van der Waals surface area contributed by atoms with Crippen LogP contribution in [0.2, 0.25) is 0 Å². The van der Waals surface area contributed by atoms with Gasteiger partial charge in [0.05, 0.1) is 18.6 Å². The van der Waals surface area contributed by atoms with E-state index < -0.39 is 0 Å². The van der Waals surface area contributed by atoms with Crippen molar-refractivity contribution in [1.29, 1.82) is 0 Å². The van der Waals surface area contributed by atoms with E-state index in [0.717, 1.165) is 18.7 Å². The summed E-state index contributed by atoms with van der Waals surface area (Å²) in [7, 11) is 0.149. The van der Waals surface area contributed by atoms with Gasteiger partial charge in [-0.25, -0.2) is 0 Å². The fourth-order valence-electron chi connectivity index (χ4n) is 3.65. The summed E-state index contributed by atoms with van der Waals surface area (Å²) in [6.07, 6.45) is 11.9.